The molecule has 1 aliphatic rings. The average molecular weight is 675 g/mol. The fourth-order valence-electron chi connectivity index (χ4n) is 4.94. The second-order valence-corrected chi connectivity index (χ2v) is 10.5. The molecule has 262 valence electrons. The van der Waals surface area contributed by atoms with E-state index in [1.54, 1.807) is 30.3 Å². The van der Waals surface area contributed by atoms with Crippen molar-refractivity contribution < 1.29 is 42.5 Å². The number of methoxy groups -OCH3 is 2. The lowest BCUT2D eigenvalue weighted by Crippen LogP contribution is -2.47. The molecule has 48 heavy (non-hydrogen) atoms. The van der Waals surface area contributed by atoms with Crippen molar-refractivity contribution in [3.05, 3.63) is 94.2 Å². The predicted octanol–water partition coefficient (Wildman–Crippen LogP) is 2.80. The Labute approximate surface area is 278 Å². The number of nitrogens with one attached hydrogen (secondary N) is 1. The molecule has 2 amide bonds. The van der Waals surface area contributed by atoms with Gasteiger partial charge in [0.1, 0.15) is 29.6 Å². The van der Waals surface area contributed by atoms with Crippen LogP contribution in [0.3, 0.4) is 0 Å². The predicted molar refractivity (Wildman–Crippen MR) is 177 cm³/mol. The van der Waals surface area contributed by atoms with Gasteiger partial charge in [-0.15, -0.1) is 0 Å². The van der Waals surface area contributed by atoms with Gasteiger partial charge in [-0.25, -0.2) is 8.78 Å². The molecule has 0 saturated carbocycles. The maximum absolute atomic E-state index is 13.5. The summed E-state index contributed by atoms with van der Waals surface area (Å²) in [5.41, 5.74) is 1.61. The molecule has 0 aliphatic carbocycles. The van der Waals surface area contributed by atoms with E-state index in [1.165, 1.54) is 43.0 Å². The number of halogens is 2. The molecule has 0 bridgehead atoms. The molecule has 2 N–H and O–H groups in total. The molecule has 4 rings (SSSR count). The Balaban J connectivity index is 0.000000476. The summed E-state index contributed by atoms with van der Waals surface area (Å²) in [7, 11) is 6.47. The van der Waals surface area contributed by atoms with E-state index in [-0.39, 0.29) is 35.7 Å². The zero-order valence-corrected chi connectivity index (χ0v) is 27.6. The molecule has 1 aliphatic heterocycles. The molecule has 0 radical (unpaired) electrons. The molecule has 14 heteroatoms. The fourth-order valence-corrected chi connectivity index (χ4v) is 4.94. The van der Waals surface area contributed by atoms with Crippen LogP contribution >= 0.6 is 0 Å². The van der Waals surface area contributed by atoms with Crippen LogP contribution in [-0.4, -0.2) is 107 Å². The quantitative estimate of drug-likeness (QED) is 0.278. The smallest absolute Gasteiger partial charge is 0.274 e. The average Bonchev–Trinajstić information content (AvgIpc) is 3.11. The first-order chi connectivity index (χ1) is 23.1. The summed E-state index contributed by atoms with van der Waals surface area (Å²) >= 11 is 0. The minimum absolute atomic E-state index is 0.0862. The minimum Gasteiger partial charge on any atom is -0.497 e. The maximum atomic E-state index is 13.5. The lowest BCUT2D eigenvalue weighted by atomic mass is 9.95. The monoisotopic (exact) mass is 674 g/mol. The molecule has 3 aromatic rings. The number of carbonyl (C=O) groups excluding carboxylic acids is 3. The highest BCUT2D eigenvalue weighted by molar-refractivity contribution is 5.93. The first-order valence-corrected chi connectivity index (χ1v) is 15.1. The van der Waals surface area contributed by atoms with Crippen LogP contribution in [0.15, 0.2) is 71.7 Å². The van der Waals surface area contributed by atoms with Gasteiger partial charge in [-0.05, 0) is 54.1 Å². The van der Waals surface area contributed by atoms with E-state index in [4.69, 9.17) is 19.3 Å². The van der Waals surface area contributed by atoms with Crippen LogP contribution in [0.4, 0.5) is 14.5 Å². The minimum atomic E-state index is -1.25. The number of amides is 2. The number of hydrogen-bond acceptors (Lipinski definition) is 9. The number of pyridine rings is 1. The van der Waals surface area contributed by atoms with Gasteiger partial charge in [-0.1, -0.05) is 12.1 Å². The molecule has 1 saturated heterocycles. The number of benzene rings is 2. The van der Waals surface area contributed by atoms with Crippen LogP contribution in [-0.2, 0) is 19.1 Å². The van der Waals surface area contributed by atoms with E-state index in [1.807, 2.05) is 36.2 Å². The number of aromatic nitrogens is 1. The number of carbonyl (C=O) groups is 3. The second-order valence-electron chi connectivity index (χ2n) is 10.5. The number of aliphatic hydroxyl groups is 1. The highest BCUT2D eigenvalue weighted by atomic mass is 19.1. The Kier molecular flexibility index (Phi) is 17.5. The van der Waals surface area contributed by atoms with E-state index in [0.29, 0.717) is 50.5 Å². The lowest BCUT2D eigenvalue weighted by molar-refractivity contribution is -0.140. The van der Waals surface area contributed by atoms with Crippen LogP contribution < -0.4 is 20.5 Å². The van der Waals surface area contributed by atoms with Crippen molar-refractivity contribution in [3.63, 3.8) is 0 Å². The van der Waals surface area contributed by atoms with Gasteiger partial charge in [0.15, 0.2) is 6.86 Å². The Morgan fingerprint density at radius 1 is 1.08 bits per heavy atom. The van der Waals surface area contributed by atoms with Crippen molar-refractivity contribution in [1.29, 1.82) is 0 Å². The number of aliphatic hydroxyl groups excluding tert-OH is 1. The number of anilines is 1. The fraction of sp³-hybridized carbons (Fsp3) is 0.412. The van der Waals surface area contributed by atoms with E-state index < -0.39 is 12.9 Å². The van der Waals surface area contributed by atoms with E-state index >= 15 is 0 Å². The summed E-state index contributed by atoms with van der Waals surface area (Å²) in [5, 5.41) is 9.34. The first kappa shape index (κ1) is 39.5. The summed E-state index contributed by atoms with van der Waals surface area (Å²) < 4.78 is 39.5. The molecule has 2 unspecified atom stereocenters. The number of aldehydes is 1. The van der Waals surface area contributed by atoms with Gasteiger partial charge < -0.3 is 39.2 Å². The lowest BCUT2D eigenvalue weighted by Gasteiger charge is -2.31. The van der Waals surface area contributed by atoms with E-state index in [9.17, 15) is 28.0 Å². The SMILES string of the molecule is CNC(=O)c1ccc(F)cc1.COCC(C(=O)N1CCOCC1)n1cccc(N(C)CC(CC=O)c2ccc(OC)cc2)c1=O.OCF. The van der Waals surface area contributed by atoms with E-state index in [2.05, 4.69) is 5.32 Å². The molecule has 2 aromatic carbocycles. The third-order valence-electron chi connectivity index (χ3n) is 7.43. The number of alkyl halides is 1. The zero-order chi connectivity index (χ0) is 35.5. The molecule has 0 spiro atoms. The molecule has 2 heterocycles. The van der Waals surface area contributed by atoms with Gasteiger partial charge in [-0.3, -0.25) is 19.0 Å². The molecule has 2 atom stereocenters. The Bertz CT molecular complexity index is 1470. The maximum Gasteiger partial charge on any atom is 0.274 e. The summed E-state index contributed by atoms with van der Waals surface area (Å²) in [6.07, 6.45) is 2.83. The van der Waals surface area contributed by atoms with E-state index in [0.717, 1.165) is 17.6 Å². The molecule has 1 aromatic heterocycles. The third-order valence-corrected chi connectivity index (χ3v) is 7.43. The first-order valence-electron chi connectivity index (χ1n) is 15.1. The Hall–Kier alpha value is -4.66. The van der Waals surface area contributed by atoms with Gasteiger partial charge in [0.25, 0.3) is 11.5 Å². The zero-order valence-electron chi connectivity index (χ0n) is 27.6. The second kappa shape index (κ2) is 21.3. The van der Waals surface area contributed by atoms with Crippen LogP contribution in [0.5, 0.6) is 5.75 Å². The largest absolute Gasteiger partial charge is 0.497 e. The third kappa shape index (κ3) is 11.9. The highest BCUT2D eigenvalue weighted by Gasteiger charge is 2.29. The molecule has 12 nitrogen and oxygen atoms in total. The Morgan fingerprint density at radius 3 is 2.25 bits per heavy atom. The van der Waals surface area contributed by atoms with Crippen molar-refractivity contribution >= 4 is 23.8 Å². The van der Waals surface area contributed by atoms with Crippen molar-refractivity contribution in [2.45, 2.75) is 18.4 Å². The number of nitrogens with zero attached hydrogens (tertiary/aromatic N) is 3. The standard InChI is InChI=1S/C25H33N3O6.C8H8FNO.CH3FO/c1-26(17-20(10-14-29)19-6-8-21(33-3)9-7-19)22-5-4-11-28(25(22)31)23(18-32-2)24(30)27-12-15-34-16-13-27;1-10-8(11)6-2-4-7(9)5-3-6;2-1-3/h4-9,11,14,20,23H,10,12-13,15-18H2,1-3H3;2-5H,1H3,(H,10,11);3H,1H2. The number of ether oxygens (including phenoxy) is 3. The molecular formula is C34H44F2N4O8. The van der Waals surface area contributed by atoms with Crippen LogP contribution in [0.1, 0.15) is 34.3 Å². The van der Waals surface area contributed by atoms with Gasteiger partial charge in [0.2, 0.25) is 5.91 Å². The number of rotatable bonds is 12. The van der Waals surface area contributed by atoms with Crippen LogP contribution in [0.25, 0.3) is 0 Å². The normalized spacial score (nSPS) is 13.4. The van der Waals surface area contributed by atoms with Crippen molar-refractivity contribution in [2.24, 2.45) is 0 Å². The van der Waals surface area contributed by atoms with Gasteiger partial charge in [-0.2, -0.15) is 0 Å². The number of hydrogen-bond donors (Lipinski definition) is 2. The Morgan fingerprint density at radius 2 is 1.71 bits per heavy atom. The summed E-state index contributed by atoms with van der Waals surface area (Å²) in [6.45, 7) is 1.23. The van der Waals surface area contributed by atoms with Crippen LogP contribution in [0.2, 0.25) is 0 Å². The molecular weight excluding hydrogens is 630 g/mol. The van der Waals surface area contributed by atoms with Crippen LogP contribution in [0, 0.1) is 5.82 Å². The van der Waals surface area contributed by atoms with Crippen molar-refractivity contribution in [3.8, 4) is 5.75 Å². The van der Waals surface area contributed by atoms with Gasteiger partial charge >= 0.3 is 0 Å². The number of likely N-dealkylation sites (N-methyl/N-ethyl adjacent to an activating group) is 1. The van der Waals surface area contributed by atoms with Crippen molar-refractivity contribution in [1.82, 2.24) is 14.8 Å². The topological polar surface area (TPSA) is 140 Å². The number of morpholine rings is 1. The highest BCUT2D eigenvalue weighted by Crippen LogP contribution is 2.24. The molecule has 1 fully saturated rings. The summed E-state index contributed by atoms with van der Waals surface area (Å²) in [4.78, 5) is 52.4. The van der Waals surface area contributed by atoms with Gasteiger partial charge in [0, 0.05) is 64.9 Å². The van der Waals surface area contributed by atoms with Crippen molar-refractivity contribution in [2.75, 3.05) is 79.5 Å². The summed E-state index contributed by atoms with van der Waals surface area (Å²) in [5.74, 6) is -0.0694. The summed E-state index contributed by atoms with van der Waals surface area (Å²) in [6, 6.07) is 15.7. The van der Waals surface area contributed by atoms with Gasteiger partial charge in [0.05, 0.1) is 26.9 Å².